The van der Waals surface area contributed by atoms with Crippen LogP contribution in [-0.2, 0) is 0 Å². The van der Waals surface area contributed by atoms with Gasteiger partial charge in [0.05, 0.1) is 0 Å². The Bertz CT molecular complexity index is 301. The van der Waals surface area contributed by atoms with Crippen LogP contribution in [0.1, 0.15) is 28.2 Å². The minimum absolute atomic E-state index is 0. The molecule has 1 nitrogen and oxygen atoms in total. The zero-order valence-corrected chi connectivity index (χ0v) is 9.54. The van der Waals surface area contributed by atoms with E-state index in [9.17, 15) is 0 Å². The van der Waals surface area contributed by atoms with Crippen LogP contribution in [0.5, 0.6) is 0 Å². The third-order valence-corrected chi connectivity index (χ3v) is 2.00. The molecule has 0 saturated heterocycles. The quantitative estimate of drug-likeness (QED) is 0.478. The molecule has 0 aromatic carbocycles. The van der Waals surface area contributed by atoms with Crippen molar-refractivity contribution in [3.8, 4) is 0 Å². The molecule has 0 saturated carbocycles. The number of hydrogen-bond donors (Lipinski definition) is 0. The van der Waals surface area contributed by atoms with E-state index >= 15 is 0 Å². The van der Waals surface area contributed by atoms with Gasteiger partial charge in [-0.2, -0.15) is 0 Å². The monoisotopic (exact) mass is 205 g/mol. The fourth-order valence-electron chi connectivity index (χ4n) is 0.903. The number of rotatable bonds is 4. The third-order valence-electron chi connectivity index (χ3n) is 2.00. The predicted molar refractivity (Wildman–Crippen MR) is 72.6 cm³/mol. The maximum Gasteiger partial charge on any atom is 0.0386 e. The molecule has 15 heavy (non-hydrogen) atoms. The molecular weight excluding hydrogens is 182 g/mol. The van der Waals surface area contributed by atoms with E-state index < -0.39 is 0 Å². The summed E-state index contributed by atoms with van der Waals surface area (Å²) in [5.74, 6) is 0. The van der Waals surface area contributed by atoms with Crippen molar-refractivity contribution >= 4 is 5.71 Å². The molecule has 0 atom stereocenters. The van der Waals surface area contributed by atoms with Crippen LogP contribution < -0.4 is 0 Å². The van der Waals surface area contributed by atoms with Gasteiger partial charge in [0.15, 0.2) is 0 Å². The molecular formula is C14H23N. The molecule has 1 heteroatoms. The van der Waals surface area contributed by atoms with Gasteiger partial charge < -0.3 is 0 Å². The average Bonchev–Trinajstić information content (AvgIpc) is 2.22. The first kappa shape index (κ1) is 16.1. The molecule has 0 spiro atoms. The van der Waals surface area contributed by atoms with Crippen LogP contribution >= 0.6 is 0 Å². The van der Waals surface area contributed by atoms with Crippen molar-refractivity contribution in [1.82, 2.24) is 0 Å². The van der Waals surface area contributed by atoms with Gasteiger partial charge in [0.2, 0.25) is 0 Å². The van der Waals surface area contributed by atoms with Gasteiger partial charge in [-0.1, -0.05) is 50.0 Å². The van der Waals surface area contributed by atoms with Gasteiger partial charge in [-0.15, -0.1) is 0 Å². The lowest BCUT2D eigenvalue weighted by atomic mass is 10.1. The molecule has 0 unspecified atom stereocenters. The fourth-order valence-corrected chi connectivity index (χ4v) is 0.903. The molecule has 0 bridgehead atoms. The van der Waals surface area contributed by atoms with Crippen LogP contribution in [0.4, 0.5) is 0 Å². The molecule has 0 aliphatic heterocycles. The SMILES string of the molecule is C.C=C\C=C/C(=C/C(C)=C\C)C(C)=NC. The zero-order chi connectivity index (χ0) is 11.0. The molecule has 0 amide bonds. The second-order valence-electron chi connectivity index (χ2n) is 3.04. The van der Waals surface area contributed by atoms with Crippen LogP contribution in [0.2, 0.25) is 0 Å². The van der Waals surface area contributed by atoms with E-state index in [1.54, 1.807) is 13.1 Å². The van der Waals surface area contributed by atoms with Gasteiger partial charge in [0, 0.05) is 12.8 Å². The molecule has 0 fully saturated rings. The lowest BCUT2D eigenvalue weighted by molar-refractivity contribution is 1.40. The van der Waals surface area contributed by atoms with Crippen molar-refractivity contribution in [3.05, 3.63) is 48.1 Å². The van der Waals surface area contributed by atoms with E-state index in [-0.39, 0.29) is 7.43 Å². The minimum Gasteiger partial charge on any atom is -0.293 e. The first-order valence-corrected chi connectivity index (χ1v) is 4.73. The lowest BCUT2D eigenvalue weighted by Gasteiger charge is -2.00. The number of hydrogen-bond acceptors (Lipinski definition) is 1. The second kappa shape index (κ2) is 9.20. The van der Waals surface area contributed by atoms with Gasteiger partial charge >= 0.3 is 0 Å². The van der Waals surface area contributed by atoms with Crippen LogP contribution in [0.3, 0.4) is 0 Å². The molecule has 0 aromatic rings. The second-order valence-corrected chi connectivity index (χ2v) is 3.04. The Morgan fingerprint density at radius 3 is 2.27 bits per heavy atom. The smallest absolute Gasteiger partial charge is 0.0386 e. The Morgan fingerprint density at radius 1 is 1.27 bits per heavy atom. The maximum atomic E-state index is 4.16. The highest BCUT2D eigenvalue weighted by atomic mass is 14.7. The highest BCUT2D eigenvalue weighted by Crippen LogP contribution is 2.06. The van der Waals surface area contributed by atoms with E-state index in [4.69, 9.17) is 0 Å². The van der Waals surface area contributed by atoms with Crippen LogP contribution in [-0.4, -0.2) is 12.8 Å². The van der Waals surface area contributed by atoms with Gasteiger partial charge in [-0.25, -0.2) is 0 Å². The summed E-state index contributed by atoms with van der Waals surface area (Å²) in [6.45, 7) is 9.75. The predicted octanol–water partition coefficient (Wildman–Crippen LogP) is 4.35. The van der Waals surface area contributed by atoms with Crippen LogP contribution in [0.15, 0.2) is 53.1 Å². The fraction of sp³-hybridized carbons (Fsp3) is 0.357. The molecule has 0 aliphatic rings. The van der Waals surface area contributed by atoms with Crippen molar-refractivity contribution in [2.45, 2.75) is 28.2 Å². The van der Waals surface area contributed by atoms with E-state index in [1.807, 2.05) is 26.0 Å². The van der Waals surface area contributed by atoms with Gasteiger partial charge in [-0.3, -0.25) is 4.99 Å². The summed E-state index contributed by atoms with van der Waals surface area (Å²) < 4.78 is 0. The van der Waals surface area contributed by atoms with Crippen molar-refractivity contribution in [1.29, 1.82) is 0 Å². The van der Waals surface area contributed by atoms with Gasteiger partial charge in [0.25, 0.3) is 0 Å². The van der Waals surface area contributed by atoms with E-state index in [0.717, 1.165) is 11.3 Å². The zero-order valence-electron chi connectivity index (χ0n) is 9.54. The Morgan fingerprint density at radius 2 is 1.87 bits per heavy atom. The van der Waals surface area contributed by atoms with Crippen molar-refractivity contribution in [2.24, 2.45) is 4.99 Å². The molecule has 0 heterocycles. The normalized spacial score (nSPS) is 14.0. The highest BCUT2D eigenvalue weighted by Gasteiger charge is 1.95. The third kappa shape index (κ3) is 6.67. The Hall–Kier alpha value is -1.37. The summed E-state index contributed by atoms with van der Waals surface area (Å²) in [5, 5.41) is 0. The number of allylic oxidation sites excluding steroid dienone is 7. The molecule has 0 rings (SSSR count). The molecule has 84 valence electrons. The van der Waals surface area contributed by atoms with Crippen molar-refractivity contribution in [3.63, 3.8) is 0 Å². The largest absolute Gasteiger partial charge is 0.293 e. The lowest BCUT2D eigenvalue weighted by Crippen LogP contribution is -1.94. The van der Waals surface area contributed by atoms with Gasteiger partial charge in [0.1, 0.15) is 0 Å². The van der Waals surface area contributed by atoms with Crippen LogP contribution in [0.25, 0.3) is 0 Å². The highest BCUT2D eigenvalue weighted by molar-refractivity contribution is 6.01. The number of nitrogens with zero attached hydrogens (tertiary/aromatic N) is 1. The number of aliphatic imine (C=N–C) groups is 1. The van der Waals surface area contributed by atoms with Crippen LogP contribution in [0, 0.1) is 0 Å². The molecule has 0 N–H and O–H groups in total. The maximum absolute atomic E-state index is 4.16. The summed E-state index contributed by atoms with van der Waals surface area (Å²) in [5.41, 5.74) is 3.39. The first-order chi connectivity index (χ1) is 6.65. The summed E-state index contributed by atoms with van der Waals surface area (Å²) in [6, 6.07) is 0. The first-order valence-electron chi connectivity index (χ1n) is 4.73. The summed E-state index contributed by atoms with van der Waals surface area (Å²) >= 11 is 0. The summed E-state index contributed by atoms with van der Waals surface area (Å²) in [4.78, 5) is 4.16. The Labute approximate surface area is 94.6 Å². The van der Waals surface area contributed by atoms with E-state index in [1.165, 1.54) is 5.57 Å². The standard InChI is InChI=1S/C13H19N.CH4/c1-6-8-9-13(12(4)14-5)10-11(3)7-2;/h6-10H,1H2,2-5H3;1H4/b9-8-,11-7-,13-10-,14-12?;. The van der Waals surface area contributed by atoms with Crippen molar-refractivity contribution in [2.75, 3.05) is 7.05 Å². The Kier molecular flexibility index (Phi) is 9.85. The molecule has 0 aromatic heterocycles. The van der Waals surface area contributed by atoms with E-state index in [0.29, 0.717) is 0 Å². The summed E-state index contributed by atoms with van der Waals surface area (Å²) in [7, 11) is 1.80. The topological polar surface area (TPSA) is 12.4 Å². The van der Waals surface area contributed by atoms with Crippen molar-refractivity contribution < 1.29 is 0 Å². The molecule has 0 aliphatic carbocycles. The van der Waals surface area contributed by atoms with Gasteiger partial charge in [-0.05, 0) is 26.3 Å². The Balaban J connectivity index is 0. The summed E-state index contributed by atoms with van der Waals surface area (Å²) in [6.07, 6.45) is 9.89. The minimum atomic E-state index is 0. The average molecular weight is 205 g/mol. The molecule has 0 radical (unpaired) electrons. The van der Waals surface area contributed by atoms with E-state index in [2.05, 4.69) is 30.6 Å².